The molecule has 106 valence electrons. The summed E-state index contributed by atoms with van der Waals surface area (Å²) in [6, 6.07) is 0. The number of hydrogen-bond acceptors (Lipinski definition) is 3. The molecule has 2 unspecified atom stereocenters. The summed E-state index contributed by atoms with van der Waals surface area (Å²) in [5.41, 5.74) is 0.202. The third-order valence-electron chi connectivity index (χ3n) is 4.72. The minimum atomic E-state index is 0.202. The van der Waals surface area contributed by atoms with Gasteiger partial charge in [0.15, 0.2) is 0 Å². The summed E-state index contributed by atoms with van der Waals surface area (Å²) in [6.07, 6.45) is 5.04. The van der Waals surface area contributed by atoms with E-state index in [4.69, 9.17) is 0 Å². The fourth-order valence-electron chi connectivity index (χ4n) is 3.63. The van der Waals surface area contributed by atoms with Gasteiger partial charge in [-0.15, -0.1) is 0 Å². The van der Waals surface area contributed by atoms with Gasteiger partial charge in [0, 0.05) is 42.2 Å². The largest absolute Gasteiger partial charge is 0.396 e. The monoisotopic (exact) mass is 271 g/mol. The first kappa shape index (κ1) is 14.7. The summed E-state index contributed by atoms with van der Waals surface area (Å²) in [5.74, 6) is 0.861. The molecule has 3 heteroatoms. The number of nitrogens with zero attached hydrogens (tertiary/aromatic N) is 1. The molecular weight excluding hydrogens is 242 g/mol. The van der Waals surface area contributed by atoms with E-state index >= 15 is 0 Å². The first-order chi connectivity index (χ1) is 8.53. The molecule has 0 aromatic rings. The molecule has 2 fully saturated rings. The van der Waals surface area contributed by atoms with Crippen LogP contribution in [0.25, 0.3) is 0 Å². The molecule has 1 aliphatic carbocycles. The van der Waals surface area contributed by atoms with Gasteiger partial charge in [-0.25, -0.2) is 0 Å². The molecule has 2 aliphatic rings. The number of aliphatic hydroxyl groups is 1. The predicted molar refractivity (Wildman–Crippen MR) is 80.1 cm³/mol. The molecule has 2 nitrogen and oxygen atoms in total. The van der Waals surface area contributed by atoms with E-state index in [1.807, 2.05) is 0 Å². The molecule has 0 amide bonds. The first-order valence-electron chi connectivity index (χ1n) is 7.52. The Hall–Kier alpha value is 0.270. The fourth-order valence-corrected chi connectivity index (χ4v) is 5.02. The molecule has 0 aromatic heterocycles. The van der Waals surface area contributed by atoms with E-state index in [9.17, 15) is 5.11 Å². The lowest BCUT2D eigenvalue weighted by atomic mass is 9.71. The first-order valence-corrected chi connectivity index (χ1v) is 8.46. The number of aliphatic hydroxyl groups excluding tert-OH is 1. The Labute approximate surface area is 117 Å². The molecule has 1 aliphatic heterocycles. The molecule has 1 saturated heterocycles. The van der Waals surface area contributed by atoms with Crippen molar-refractivity contribution in [2.45, 2.75) is 57.0 Å². The van der Waals surface area contributed by atoms with Gasteiger partial charge < -0.3 is 10.0 Å². The zero-order valence-electron chi connectivity index (χ0n) is 12.2. The highest BCUT2D eigenvalue weighted by Gasteiger charge is 2.36. The lowest BCUT2D eigenvalue weighted by Gasteiger charge is -2.44. The Balaban J connectivity index is 1.93. The van der Waals surface area contributed by atoms with Crippen LogP contribution in [0.5, 0.6) is 0 Å². The average Bonchev–Trinajstić information content (AvgIpc) is 2.31. The summed E-state index contributed by atoms with van der Waals surface area (Å²) in [4.78, 5) is 2.61. The van der Waals surface area contributed by atoms with Crippen molar-refractivity contribution < 1.29 is 5.11 Å². The van der Waals surface area contributed by atoms with E-state index < -0.39 is 0 Å². The van der Waals surface area contributed by atoms with Crippen LogP contribution >= 0.6 is 11.8 Å². The van der Waals surface area contributed by atoms with Gasteiger partial charge in [0.05, 0.1) is 0 Å². The number of hydrogen-bond donors (Lipinski definition) is 1. The van der Waals surface area contributed by atoms with Crippen molar-refractivity contribution in [1.29, 1.82) is 0 Å². The normalized spacial score (nSPS) is 43.0. The lowest BCUT2D eigenvalue weighted by molar-refractivity contribution is 0.0289. The maximum Gasteiger partial charge on any atom is 0.0499 e. The summed E-state index contributed by atoms with van der Waals surface area (Å²) >= 11 is 2.11. The predicted octanol–water partition coefficient (Wildman–Crippen LogP) is 3.00. The van der Waals surface area contributed by atoms with Crippen LogP contribution in [0.2, 0.25) is 0 Å². The van der Waals surface area contributed by atoms with Gasteiger partial charge in [-0.05, 0) is 18.8 Å². The van der Waals surface area contributed by atoms with Crippen molar-refractivity contribution in [1.82, 2.24) is 4.90 Å². The van der Waals surface area contributed by atoms with Crippen molar-refractivity contribution in [2.75, 3.05) is 26.2 Å². The second-order valence-corrected chi connectivity index (χ2v) is 8.67. The Kier molecular flexibility index (Phi) is 5.01. The molecule has 0 aromatic carbocycles. The van der Waals surface area contributed by atoms with Crippen molar-refractivity contribution in [3.05, 3.63) is 0 Å². The van der Waals surface area contributed by atoms with E-state index in [0.29, 0.717) is 6.61 Å². The van der Waals surface area contributed by atoms with Crippen molar-refractivity contribution >= 4 is 11.8 Å². The van der Waals surface area contributed by atoms with Crippen LogP contribution in [0.4, 0.5) is 0 Å². The zero-order valence-corrected chi connectivity index (χ0v) is 13.0. The van der Waals surface area contributed by atoms with E-state index in [-0.39, 0.29) is 5.41 Å². The van der Waals surface area contributed by atoms with Crippen molar-refractivity contribution in [3.63, 3.8) is 0 Å². The summed E-state index contributed by atoms with van der Waals surface area (Å²) in [6.45, 7) is 10.9. The molecule has 1 saturated carbocycles. The number of rotatable bonds is 3. The molecule has 1 heterocycles. The molecule has 2 rings (SSSR count). The van der Waals surface area contributed by atoms with Crippen LogP contribution in [0, 0.1) is 11.3 Å². The molecule has 0 spiro atoms. The van der Waals surface area contributed by atoms with Crippen LogP contribution in [0.15, 0.2) is 0 Å². The van der Waals surface area contributed by atoms with Crippen LogP contribution in [-0.4, -0.2) is 46.7 Å². The van der Waals surface area contributed by atoms with Crippen LogP contribution in [-0.2, 0) is 0 Å². The third-order valence-corrected chi connectivity index (χ3v) is 5.95. The van der Waals surface area contributed by atoms with Crippen LogP contribution in [0.1, 0.15) is 46.5 Å². The summed E-state index contributed by atoms with van der Waals surface area (Å²) in [7, 11) is 0. The topological polar surface area (TPSA) is 23.5 Å². The highest BCUT2D eigenvalue weighted by Crippen LogP contribution is 2.40. The molecule has 0 bridgehead atoms. The van der Waals surface area contributed by atoms with Crippen LogP contribution < -0.4 is 0 Å². The van der Waals surface area contributed by atoms with E-state index in [2.05, 4.69) is 37.4 Å². The Morgan fingerprint density at radius 2 is 1.67 bits per heavy atom. The molecule has 18 heavy (non-hydrogen) atoms. The Bertz CT molecular complexity index is 253. The Morgan fingerprint density at radius 3 is 2.17 bits per heavy atom. The molecule has 0 radical (unpaired) electrons. The second kappa shape index (κ2) is 6.15. The van der Waals surface area contributed by atoms with Gasteiger partial charge in [0.25, 0.3) is 0 Å². The lowest BCUT2D eigenvalue weighted by Crippen LogP contribution is -2.48. The van der Waals surface area contributed by atoms with Gasteiger partial charge in [0.2, 0.25) is 0 Å². The number of thioether (sulfide) groups is 1. The standard InChI is InChI=1S/C15H29NOS/c1-12-4-6-15(11-17,7-5-12)10-16-8-13(2)18-14(3)9-16/h12-14,17H,4-11H2,1-3H3. The SMILES string of the molecule is CC1CCC(CO)(CN2CC(C)SC(C)C2)CC1. The zero-order chi connectivity index (χ0) is 13.2. The van der Waals surface area contributed by atoms with Crippen molar-refractivity contribution in [3.8, 4) is 0 Å². The third kappa shape index (κ3) is 3.64. The Morgan fingerprint density at radius 1 is 1.11 bits per heavy atom. The van der Waals surface area contributed by atoms with Gasteiger partial charge in [0.1, 0.15) is 0 Å². The van der Waals surface area contributed by atoms with E-state index in [1.165, 1.54) is 38.8 Å². The smallest absolute Gasteiger partial charge is 0.0499 e. The highest BCUT2D eigenvalue weighted by molar-refractivity contribution is 8.00. The van der Waals surface area contributed by atoms with E-state index in [1.54, 1.807) is 0 Å². The summed E-state index contributed by atoms with van der Waals surface area (Å²) in [5, 5.41) is 11.3. The average molecular weight is 271 g/mol. The van der Waals surface area contributed by atoms with Crippen molar-refractivity contribution in [2.24, 2.45) is 11.3 Å². The molecular formula is C15H29NOS. The maximum absolute atomic E-state index is 9.86. The van der Waals surface area contributed by atoms with Gasteiger partial charge in [-0.3, -0.25) is 0 Å². The summed E-state index contributed by atoms with van der Waals surface area (Å²) < 4.78 is 0. The molecule has 1 N–H and O–H groups in total. The minimum Gasteiger partial charge on any atom is -0.396 e. The fraction of sp³-hybridized carbons (Fsp3) is 1.00. The van der Waals surface area contributed by atoms with Crippen LogP contribution in [0.3, 0.4) is 0 Å². The molecule has 2 atom stereocenters. The minimum absolute atomic E-state index is 0.202. The maximum atomic E-state index is 9.86. The highest BCUT2D eigenvalue weighted by atomic mass is 32.2. The second-order valence-electron chi connectivity index (χ2n) is 6.79. The van der Waals surface area contributed by atoms with Gasteiger partial charge >= 0.3 is 0 Å². The van der Waals surface area contributed by atoms with Gasteiger partial charge in [-0.2, -0.15) is 11.8 Å². The van der Waals surface area contributed by atoms with Gasteiger partial charge in [-0.1, -0.05) is 33.6 Å². The quantitative estimate of drug-likeness (QED) is 0.853. The van der Waals surface area contributed by atoms with E-state index in [0.717, 1.165) is 23.0 Å².